The van der Waals surface area contributed by atoms with Crippen LogP contribution >= 0.6 is 0 Å². The molecule has 0 radical (unpaired) electrons. The molecule has 5 heterocycles. The van der Waals surface area contributed by atoms with Crippen molar-refractivity contribution in [1.29, 1.82) is 0 Å². The Morgan fingerprint density at radius 2 is 0.643 bits per heavy atom. The summed E-state index contributed by atoms with van der Waals surface area (Å²) in [4.78, 5) is 4.45. The van der Waals surface area contributed by atoms with Gasteiger partial charge in [-0.1, -0.05) is 60.7 Å². The average molecular weight is 725 g/mol. The first-order chi connectivity index (χ1) is 27.8. The smallest absolute Gasteiger partial charge is 0.207 e. The Morgan fingerprint density at radius 1 is 0.321 bits per heavy atom. The third-order valence-corrected chi connectivity index (χ3v) is 10.5. The van der Waals surface area contributed by atoms with Crippen molar-refractivity contribution in [3.05, 3.63) is 170 Å². The van der Waals surface area contributed by atoms with E-state index in [0.29, 0.717) is 22.9 Å². The van der Waals surface area contributed by atoms with Gasteiger partial charge >= 0.3 is 0 Å². The predicted octanol–water partition coefficient (Wildman–Crippen LogP) is 11.4. The number of fused-ring (bicyclic) bond motifs is 10. The minimum atomic E-state index is 0.621. The Balaban J connectivity index is 0.948. The molecule has 3 aromatic heterocycles. The molecule has 7 aromatic carbocycles. The van der Waals surface area contributed by atoms with E-state index in [-0.39, 0.29) is 0 Å². The van der Waals surface area contributed by atoms with E-state index >= 15 is 0 Å². The second-order valence-electron chi connectivity index (χ2n) is 13.7. The molecule has 2 aliphatic rings. The van der Waals surface area contributed by atoms with Crippen LogP contribution in [0.1, 0.15) is 0 Å². The van der Waals surface area contributed by atoms with E-state index in [2.05, 4.69) is 104 Å². The fraction of sp³-hybridized carbons (Fsp3) is 0. The lowest BCUT2D eigenvalue weighted by molar-refractivity contribution is 0.477. The van der Waals surface area contributed by atoms with Gasteiger partial charge in [0.2, 0.25) is 11.3 Å². The van der Waals surface area contributed by atoms with Crippen LogP contribution < -0.4 is 19.3 Å². The maximum atomic E-state index is 6.24. The van der Waals surface area contributed by atoms with E-state index in [1.54, 1.807) is 0 Å². The van der Waals surface area contributed by atoms with Crippen LogP contribution in [-0.2, 0) is 0 Å². The van der Waals surface area contributed by atoms with Gasteiger partial charge in [-0.25, -0.2) is 0 Å². The molecule has 10 aromatic rings. The van der Waals surface area contributed by atoms with Crippen LogP contribution in [0, 0.1) is 0 Å². The van der Waals surface area contributed by atoms with E-state index in [1.807, 2.05) is 84.9 Å². The van der Waals surface area contributed by atoms with Crippen LogP contribution in [0.25, 0.3) is 45.1 Å². The first-order valence-corrected chi connectivity index (χ1v) is 18.3. The first kappa shape index (κ1) is 30.5. The van der Waals surface area contributed by atoms with Crippen molar-refractivity contribution in [3.8, 4) is 45.8 Å². The number of nitrogens with zero attached hydrogens (tertiary/aromatic N) is 8. The third kappa shape index (κ3) is 4.44. The van der Waals surface area contributed by atoms with Crippen molar-refractivity contribution in [3.63, 3.8) is 0 Å². The summed E-state index contributed by atoms with van der Waals surface area (Å²) in [6.45, 7) is 0. The Bertz CT molecular complexity index is 2870. The SMILES string of the molecule is c1ccc2c(c1)Oc1ccccc1N2c1ccc(-c2nnc3c4nnc(-c5ccc(N6c7ccccc7Oc7ccccc76)cc5)n4c4ccccc4n23)cc1. The second-order valence-corrected chi connectivity index (χ2v) is 13.7. The van der Waals surface area contributed by atoms with Gasteiger partial charge in [0, 0.05) is 22.5 Å². The number of hydrogen-bond donors (Lipinski definition) is 0. The van der Waals surface area contributed by atoms with Gasteiger partial charge in [0.25, 0.3) is 0 Å². The van der Waals surface area contributed by atoms with Crippen molar-refractivity contribution < 1.29 is 9.47 Å². The van der Waals surface area contributed by atoms with Crippen molar-refractivity contribution in [2.45, 2.75) is 0 Å². The lowest BCUT2D eigenvalue weighted by Gasteiger charge is -2.32. The van der Waals surface area contributed by atoms with E-state index in [1.165, 1.54) is 0 Å². The van der Waals surface area contributed by atoms with Crippen LogP contribution in [0.2, 0.25) is 0 Å². The van der Waals surface area contributed by atoms with E-state index in [4.69, 9.17) is 29.9 Å². The quantitative estimate of drug-likeness (QED) is 0.177. The largest absolute Gasteiger partial charge is 0.453 e. The van der Waals surface area contributed by atoms with Gasteiger partial charge < -0.3 is 19.3 Å². The number of rotatable bonds is 4. The number of benzene rings is 7. The van der Waals surface area contributed by atoms with Crippen molar-refractivity contribution in [2.24, 2.45) is 0 Å². The average Bonchev–Trinajstić information content (AvgIpc) is 3.91. The molecule has 10 nitrogen and oxygen atoms in total. The molecular formula is C46H28N8O2. The Labute approximate surface area is 319 Å². The van der Waals surface area contributed by atoms with Crippen LogP contribution in [-0.4, -0.2) is 29.2 Å². The summed E-state index contributed by atoms with van der Waals surface area (Å²) in [5, 5.41) is 18.9. The molecule has 0 unspecified atom stereocenters. The molecule has 10 heteroatoms. The fourth-order valence-electron chi connectivity index (χ4n) is 8.02. The Morgan fingerprint density at radius 3 is 1.00 bits per heavy atom. The van der Waals surface area contributed by atoms with E-state index in [0.717, 1.165) is 79.3 Å². The minimum absolute atomic E-state index is 0.621. The van der Waals surface area contributed by atoms with E-state index < -0.39 is 0 Å². The third-order valence-electron chi connectivity index (χ3n) is 10.5. The number of hydrogen-bond acceptors (Lipinski definition) is 8. The molecule has 0 spiro atoms. The zero-order valence-corrected chi connectivity index (χ0v) is 29.6. The summed E-state index contributed by atoms with van der Waals surface area (Å²) in [6, 6.07) is 57.4. The molecule has 264 valence electrons. The van der Waals surface area contributed by atoms with Crippen LogP contribution in [0.5, 0.6) is 23.0 Å². The molecule has 12 rings (SSSR count). The molecule has 2 aliphatic heterocycles. The lowest BCUT2D eigenvalue weighted by atomic mass is 10.1. The number of ether oxygens (including phenoxy) is 2. The highest BCUT2D eigenvalue weighted by atomic mass is 16.5. The zero-order chi connectivity index (χ0) is 36.7. The van der Waals surface area contributed by atoms with Gasteiger partial charge in [0.1, 0.15) is 0 Å². The minimum Gasteiger partial charge on any atom is -0.453 e. The Hall–Kier alpha value is -7.98. The molecule has 0 fully saturated rings. The van der Waals surface area contributed by atoms with E-state index in [9.17, 15) is 0 Å². The maximum absolute atomic E-state index is 6.24. The van der Waals surface area contributed by atoms with Crippen LogP contribution in [0.4, 0.5) is 34.1 Å². The molecule has 0 saturated carbocycles. The molecule has 0 aliphatic carbocycles. The van der Waals surface area contributed by atoms with Gasteiger partial charge in [0.05, 0.1) is 33.8 Å². The number of para-hydroxylation sites is 10. The van der Waals surface area contributed by atoms with Crippen molar-refractivity contribution in [2.75, 3.05) is 9.80 Å². The van der Waals surface area contributed by atoms with Gasteiger partial charge in [0.15, 0.2) is 34.6 Å². The lowest BCUT2D eigenvalue weighted by Crippen LogP contribution is -2.15. The first-order valence-electron chi connectivity index (χ1n) is 18.3. The summed E-state index contributed by atoms with van der Waals surface area (Å²) in [5.41, 5.74) is 10.9. The molecule has 0 N–H and O–H groups in total. The fourth-order valence-corrected chi connectivity index (χ4v) is 8.02. The highest BCUT2D eigenvalue weighted by molar-refractivity contribution is 5.91. The zero-order valence-electron chi connectivity index (χ0n) is 29.6. The maximum Gasteiger partial charge on any atom is 0.207 e. The molecule has 56 heavy (non-hydrogen) atoms. The summed E-state index contributed by atoms with van der Waals surface area (Å²) in [6.07, 6.45) is 0. The highest BCUT2D eigenvalue weighted by Gasteiger charge is 2.28. The summed E-state index contributed by atoms with van der Waals surface area (Å²) in [7, 11) is 0. The van der Waals surface area contributed by atoms with Crippen LogP contribution in [0.3, 0.4) is 0 Å². The number of anilines is 6. The second kappa shape index (κ2) is 11.8. The van der Waals surface area contributed by atoms with Gasteiger partial charge in [-0.05, 0) is 109 Å². The van der Waals surface area contributed by atoms with Gasteiger partial charge in [-0.2, -0.15) is 0 Å². The predicted molar refractivity (Wildman–Crippen MR) is 217 cm³/mol. The van der Waals surface area contributed by atoms with Gasteiger partial charge in [-0.15, -0.1) is 20.4 Å². The molecule has 0 bridgehead atoms. The molecule has 0 saturated heterocycles. The monoisotopic (exact) mass is 724 g/mol. The highest BCUT2D eigenvalue weighted by Crippen LogP contribution is 2.51. The summed E-state index contributed by atoms with van der Waals surface area (Å²) in [5.74, 6) is 4.68. The Kier molecular flexibility index (Phi) is 6.40. The van der Waals surface area contributed by atoms with Crippen molar-refractivity contribution >= 4 is 56.5 Å². The van der Waals surface area contributed by atoms with Crippen LogP contribution in [0.15, 0.2) is 170 Å². The molecule has 0 atom stereocenters. The van der Waals surface area contributed by atoms with Crippen molar-refractivity contribution in [1.82, 2.24) is 29.2 Å². The molecule has 0 amide bonds. The summed E-state index contributed by atoms with van der Waals surface area (Å²) < 4.78 is 16.6. The van der Waals surface area contributed by atoms with Gasteiger partial charge in [-0.3, -0.25) is 8.80 Å². The normalized spacial score (nSPS) is 12.9. The number of aromatic nitrogens is 6. The topological polar surface area (TPSA) is 85.3 Å². The molecular weight excluding hydrogens is 697 g/mol. The standard InChI is InChI=1S/C46H28N8O2/c1-2-12-34-33(11-1)53-43(29-21-25-31(26-22-29)51-35-13-3-7-17-39(35)55-40-18-8-4-14-36(40)51)47-49-45(53)46-50-48-44(54(34)46)30-23-27-32(28-24-30)52-37-15-5-9-19-41(37)56-42-20-10-6-16-38(42)52/h1-28H. The summed E-state index contributed by atoms with van der Waals surface area (Å²) >= 11 is 0.